The van der Waals surface area contributed by atoms with Gasteiger partial charge < -0.3 is 9.80 Å². The first kappa shape index (κ1) is 51.6. The molecule has 0 aliphatic heterocycles. The van der Waals surface area contributed by atoms with E-state index in [0.717, 1.165) is 34.9 Å². The van der Waals surface area contributed by atoms with Crippen LogP contribution >= 0.6 is 0 Å². The van der Waals surface area contributed by atoms with Crippen molar-refractivity contribution < 1.29 is 0 Å². The van der Waals surface area contributed by atoms with E-state index >= 15 is 0 Å². The predicted octanol–water partition coefficient (Wildman–Crippen LogP) is 22.4. The van der Waals surface area contributed by atoms with Crippen LogP contribution in [0.15, 0.2) is 346 Å². The van der Waals surface area contributed by atoms with E-state index in [1.165, 1.54) is 111 Å². The lowest BCUT2D eigenvalue weighted by Gasteiger charge is -2.33. The molecule has 0 N–H and O–H groups in total. The largest absolute Gasteiger partial charge is 0.334 e. The van der Waals surface area contributed by atoms with E-state index in [2.05, 4.69) is 356 Å². The molecule has 0 aromatic heterocycles. The second-order valence-electron chi connectivity index (χ2n) is 23.1. The second kappa shape index (κ2) is 21.8. The number of hydrogen-bond donors (Lipinski definition) is 0. The van der Waals surface area contributed by atoms with Gasteiger partial charge in [-0.1, -0.05) is 273 Å². The Morgan fingerprint density at radius 2 is 0.552 bits per heavy atom. The third kappa shape index (κ3) is 9.13. The topological polar surface area (TPSA) is 6.48 Å². The first-order chi connectivity index (χ1) is 43.1. The molecule has 87 heavy (non-hydrogen) atoms. The Kier molecular flexibility index (Phi) is 13.0. The van der Waals surface area contributed by atoms with Gasteiger partial charge in [0.05, 0.1) is 11.5 Å². The van der Waals surface area contributed by atoms with Crippen LogP contribution in [0.1, 0.15) is 34.2 Å². The molecule has 410 valence electrons. The lowest BCUT2D eigenvalue weighted by Crippen LogP contribution is -2.30. The van der Waals surface area contributed by atoms with Gasteiger partial charge in [-0.25, -0.2) is 0 Å². The summed E-state index contributed by atoms with van der Waals surface area (Å²) in [6.45, 7) is 0. The Morgan fingerprint density at radius 1 is 0.253 bits per heavy atom. The molecular formula is C85H60N2. The van der Waals surface area contributed by atoms with Gasteiger partial charge in [0.15, 0.2) is 0 Å². The molecule has 0 radical (unpaired) electrons. The maximum atomic E-state index is 2.50. The van der Waals surface area contributed by atoms with Crippen molar-refractivity contribution in [3.8, 4) is 77.9 Å². The highest BCUT2D eigenvalue weighted by Crippen LogP contribution is 2.63. The molecule has 3 aliphatic rings. The van der Waals surface area contributed by atoms with Crippen molar-refractivity contribution in [2.24, 2.45) is 0 Å². The van der Waals surface area contributed by atoms with Crippen LogP contribution in [0, 0.1) is 0 Å². The van der Waals surface area contributed by atoms with E-state index in [4.69, 9.17) is 0 Å². The maximum Gasteiger partial charge on any atom is 0.0725 e. The minimum atomic E-state index is -0.527. The lowest BCUT2D eigenvalue weighted by atomic mass is 9.70. The van der Waals surface area contributed by atoms with Crippen molar-refractivity contribution in [1.29, 1.82) is 0 Å². The van der Waals surface area contributed by atoms with Crippen molar-refractivity contribution in [2.45, 2.75) is 17.9 Å². The summed E-state index contributed by atoms with van der Waals surface area (Å²) in [7, 11) is 0. The van der Waals surface area contributed by atoms with Crippen LogP contribution in [-0.4, -0.2) is 6.04 Å². The SMILES string of the molecule is C1=CC(N(c2ccc(-c3ccccc3)cc2)c2ccc(-c3ccc4c(c3)C3(c5ccccc5-c5ccccc53)c3cc(-c5ccc(N(c6ccc(-c7ccccc7)cc6)c6ccc(-c7ccccc7)cc6)cc5)ccc3-4)cc2)CC=C1c1ccccc1. The molecule has 1 unspecified atom stereocenters. The number of nitrogens with zero attached hydrogens (tertiary/aromatic N) is 2. The third-order valence-electron chi connectivity index (χ3n) is 18.3. The zero-order valence-corrected chi connectivity index (χ0v) is 48.1. The normalized spacial score (nSPS) is 13.9. The molecule has 1 atom stereocenters. The zero-order chi connectivity index (χ0) is 57.7. The number of allylic oxidation sites excluding steroid dienone is 2. The van der Waals surface area contributed by atoms with Crippen LogP contribution in [0.2, 0.25) is 0 Å². The van der Waals surface area contributed by atoms with Gasteiger partial charge in [-0.2, -0.15) is 0 Å². The van der Waals surface area contributed by atoms with Crippen molar-refractivity contribution in [2.75, 3.05) is 9.80 Å². The van der Waals surface area contributed by atoms with Gasteiger partial charge in [-0.05, 0) is 190 Å². The molecule has 2 nitrogen and oxygen atoms in total. The minimum Gasteiger partial charge on any atom is -0.334 e. The monoisotopic (exact) mass is 1110 g/mol. The quantitative estimate of drug-likeness (QED) is 0.120. The summed E-state index contributed by atoms with van der Waals surface area (Å²) in [6, 6.07) is 121. The Balaban J connectivity index is 0.760. The third-order valence-corrected chi connectivity index (χ3v) is 18.3. The average molecular weight is 1110 g/mol. The molecule has 13 aromatic carbocycles. The highest BCUT2D eigenvalue weighted by molar-refractivity contribution is 5.97. The summed E-state index contributed by atoms with van der Waals surface area (Å²) in [5, 5.41) is 0. The minimum absolute atomic E-state index is 0.135. The van der Waals surface area contributed by atoms with Crippen LogP contribution in [0.4, 0.5) is 28.4 Å². The van der Waals surface area contributed by atoms with Crippen LogP contribution in [0.5, 0.6) is 0 Å². The van der Waals surface area contributed by atoms with Gasteiger partial charge in [0.25, 0.3) is 0 Å². The fraction of sp³-hybridized carbons (Fsp3) is 0.0353. The lowest BCUT2D eigenvalue weighted by molar-refractivity contribution is 0.787. The van der Waals surface area contributed by atoms with E-state index in [1.807, 2.05) is 0 Å². The van der Waals surface area contributed by atoms with Crippen LogP contribution in [0.25, 0.3) is 83.5 Å². The smallest absolute Gasteiger partial charge is 0.0725 e. The highest BCUT2D eigenvalue weighted by Gasteiger charge is 2.51. The molecule has 3 aliphatic carbocycles. The summed E-state index contributed by atoms with van der Waals surface area (Å²) >= 11 is 0. The molecule has 1 spiro atoms. The van der Waals surface area contributed by atoms with E-state index in [0.29, 0.717) is 0 Å². The summed E-state index contributed by atoms with van der Waals surface area (Å²) in [5.41, 5.74) is 30.0. The average Bonchev–Trinajstić information content (AvgIpc) is 1.54. The molecule has 0 bridgehead atoms. The molecular weight excluding hydrogens is 1050 g/mol. The summed E-state index contributed by atoms with van der Waals surface area (Å²) in [5.74, 6) is 0. The zero-order valence-electron chi connectivity index (χ0n) is 48.1. The second-order valence-corrected chi connectivity index (χ2v) is 23.1. The first-order valence-electron chi connectivity index (χ1n) is 30.3. The van der Waals surface area contributed by atoms with Gasteiger partial charge in [-0.3, -0.25) is 0 Å². The molecule has 2 heteroatoms. The summed E-state index contributed by atoms with van der Waals surface area (Å²) in [4.78, 5) is 4.87. The van der Waals surface area contributed by atoms with Gasteiger partial charge in [-0.15, -0.1) is 0 Å². The van der Waals surface area contributed by atoms with E-state index < -0.39 is 5.41 Å². The molecule has 0 heterocycles. The van der Waals surface area contributed by atoms with E-state index in [-0.39, 0.29) is 6.04 Å². The molecule has 0 saturated heterocycles. The van der Waals surface area contributed by atoms with Crippen LogP contribution < -0.4 is 9.80 Å². The number of hydrogen-bond acceptors (Lipinski definition) is 2. The predicted molar refractivity (Wildman–Crippen MR) is 365 cm³/mol. The Morgan fingerprint density at radius 3 is 0.920 bits per heavy atom. The number of fused-ring (bicyclic) bond motifs is 10. The molecule has 0 fully saturated rings. The Hall–Kier alpha value is -11.1. The number of rotatable bonds is 12. The summed E-state index contributed by atoms with van der Waals surface area (Å²) in [6.07, 6.45) is 7.96. The van der Waals surface area contributed by atoms with Crippen LogP contribution in [0.3, 0.4) is 0 Å². The Labute approximate surface area is 510 Å². The van der Waals surface area contributed by atoms with Gasteiger partial charge >= 0.3 is 0 Å². The van der Waals surface area contributed by atoms with Crippen molar-refractivity contribution in [3.63, 3.8) is 0 Å². The number of benzene rings is 13. The fourth-order valence-electron chi connectivity index (χ4n) is 14.1. The standard InChI is InChI=1S/C85H60N2/c1-5-17-59(18-6-1)63-29-43-71(44-30-63)86(72-45-31-64(32-46-72)60-19-7-2-8-20-60)75-51-37-67(38-52-75)69-41-55-79-80-56-42-70(58-84(80)85(83(79)57-69)81-27-15-13-25-77(81)78-26-14-16-28-82(78)85)68-39-53-76(54-40-68)87(73-47-33-65(34-48-73)61-21-9-3-10-22-61)74-49-35-66(36-50-74)62-23-11-4-12-24-62/h1-49,51-58,74H,50H2. The van der Waals surface area contributed by atoms with E-state index in [1.54, 1.807) is 0 Å². The van der Waals surface area contributed by atoms with E-state index in [9.17, 15) is 0 Å². The van der Waals surface area contributed by atoms with Gasteiger partial charge in [0.2, 0.25) is 0 Å². The van der Waals surface area contributed by atoms with Crippen molar-refractivity contribution >= 4 is 34.0 Å². The molecule has 0 saturated carbocycles. The summed E-state index contributed by atoms with van der Waals surface area (Å²) < 4.78 is 0. The maximum absolute atomic E-state index is 2.50. The van der Waals surface area contributed by atoms with Crippen LogP contribution in [-0.2, 0) is 5.41 Å². The molecule has 16 rings (SSSR count). The van der Waals surface area contributed by atoms with Gasteiger partial charge in [0.1, 0.15) is 0 Å². The molecule has 13 aromatic rings. The first-order valence-corrected chi connectivity index (χ1v) is 30.3. The highest BCUT2D eigenvalue weighted by atomic mass is 15.2. The van der Waals surface area contributed by atoms with Crippen molar-refractivity contribution in [3.05, 3.63) is 374 Å². The fourth-order valence-corrected chi connectivity index (χ4v) is 14.1. The molecule has 0 amide bonds. The van der Waals surface area contributed by atoms with Crippen molar-refractivity contribution in [1.82, 2.24) is 0 Å². The van der Waals surface area contributed by atoms with Gasteiger partial charge in [0, 0.05) is 28.4 Å². The number of anilines is 5. The Bertz CT molecular complexity index is 4570.